The number of hydrogen-bond donors (Lipinski definition) is 1. The van der Waals surface area contributed by atoms with Crippen molar-refractivity contribution in [3.05, 3.63) is 54.4 Å². The lowest BCUT2D eigenvalue weighted by Crippen LogP contribution is -2.68. The Morgan fingerprint density at radius 1 is 1.13 bits per heavy atom. The van der Waals surface area contributed by atoms with Gasteiger partial charge in [0.15, 0.2) is 0 Å². The molecule has 4 rings (SSSR count). The SMILES string of the molecule is CN(C)CC(=O)N1CCCCN2[C@H](C1)[C@@H](c1ccc(-c3cccnc3)cc1)[C@@H]2CO. The Morgan fingerprint density at radius 3 is 2.57 bits per heavy atom. The summed E-state index contributed by atoms with van der Waals surface area (Å²) in [6.45, 7) is 3.15. The molecule has 2 aliphatic heterocycles. The molecule has 0 radical (unpaired) electrons. The molecule has 0 aliphatic carbocycles. The van der Waals surface area contributed by atoms with Gasteiger partial charge in [-0.05, 0) is 56.2 Å². The zero-order chi connectivity index (χ0) is 21.1. The van der Waals surface area contributed by atoms with E-state index in [9.17, 15) is 9.90 Å². The largest absolute Gasteiger partial charge is 0.395 e. The molecule has 6 nitrogen and oxygen atoms in total. The average molecular weight is 409 g/mol. The van der Waals surface area contributed by atoms with Crippen molar-refractivity contribution < 1.29 is 9.90 Å². The normalized spacial score (nSPS) is 24.7. The first-order chi connectivity index (χ1) is 14.6. The van der Waals surface area contributed by atoms with Crippen LogP contribution in [0.5, 0.6) is 0 Å². The maximum atomic E-state index is 12.8. The van der Waals surface area contributed by atoms with E-state index in [1.54, 1.807) is 6.20 Å². The Bertz CT molecular complexity index is 840. The molecule has 1 amide bonds. The van der Waals surface area contributed by atoms with Gasteiger partial charge in [-0.3, -0.25) is 14.7 Å². The Kier molecular flexibility index (Phi) is 6.46. The van der Waals surface area contributed by atoms with Crippen LogP contribution in [0.4, 0.5) is 0 Å². The summed E-state index contributed by atoms with van der Waals surface area (Å²) in [6.07, 6.45) is 5.74. The van der Waals surface area contributed by atoms with Crippen LogP contribution in [0.25, 0.3) is 11.1 Å². The molecule has 2 fully saturated rings. The van der Waals surface area contributed by atoms with Crippen LogP contribution in [0.2, 0.25) is 0 Å². The van der Waals surface area contributed by atoms with Crippen LogP contribution in [-0.4, -0.2) is 89.7 Å². The third kappa shape index (κ3) is 4.26. The molecule has 0 saturated carbocycles. The zero-order valence-corrected chi connectivity index (χ0v) is 17.9. The quantitative estimate of drug-likeness (QED) is 0.821. The summed E-state index contributed by atoms with van der Waals surface area (Å²) in [6, 6.07) is 13.0. The van der Waals surface area contributed by atoms with Crippen LogP contribution in [0.3, 0.4) is 0 Å². The highest BCUT2D eigenvalue weighted by atomic mass is 16.3. The number of hydrogen-bond acceptors (Lipinski definition) is 5. The number of aliphatic hydroxyl groups is 1. The van der Waals surface area contributed by atoms with Crippen molar-refractivity contribution >= 4 is 5.91 Å². The lowest BCUT2D eigenvalue weighted by Gasteiger charge is -2.57. The maximum absolute atomic E-state index is 12.8. The topological polar surface area (TPSA) is 59.9 Å². The van der Waals surface area contributed by atoms with Gasteiger partial charge in [0.05, 0.1) is 13.2 Å². The molecule has 1 N–H and O–H groups in total. The second kappa shape index (κ2) is 9.25. The van der Waals surface area contributed by atoms with Gasteiger partial charge in [0, 0.05) is 43.5 Å². The number of likely N-dealkylation sites (N-methyl/N-ethyl adjacent to an activating group) is 1. The lowest BCUT2D eigenvalue weighted by atomic mass is 9.74. The molecule has 2 aliphatic rings. The fourth-order valence-corrected chi connectivity index (χ4v) is 4.97. The van der Waals surface area contributed by atoms with Crippen molar-refractivity contribution in [1.29, 1.82) is 0 Å². The minimum atomic E-state index is 0.128. The third-order valence-corrected chi connectivity index (χ3v) is 6.46. The number of aromatic nitrogens is 1. The number of rotatable bonds is 5. The predicted octanol–water partition coefficient (Wildman–Crippen LogP) is 2.06. The lowest BCUT2D eigenvalue weighted by molar-refractivity contribution is -0.137. The van der Waals surface area contributed by atoms with E-state index in [-0.39, 0.29) is 30.5 Å². The minimum absolute atomic E-state index is 0.128. The molecule has 0 unspecified atom stereocenters. The van der Waals surface area contributed by atoms with Crippen molar-refractivity contribution in [1.82, 2.24) is 19.7 Å². The van der Waals surface area contributed by atoms with Gasteiger partial charge in [-0.2, -0.15) is 0 Å². The summed E-state index contributed by atoms with van der Waals surface area (Å²) in [7, 11) is 3.87. The van der Waals surface area contributed by atoms with Crippen molar-refractivity contribution in [2.45, 2.75) is 30.8 Å². The first-order valence-corrected chi connectivity index (χ1v) is 10.9. The number of amides is 1. The Balaban J connectivity index is 1.55. The van der Waals surface area contributed by atoms with Crippen LogP contribution in [-0.2, 0) is 4.79 Å². The number of fused-ring (bicyclic) bond motifs is 1. The van der Waals surface area contributed by atoms with Crippen LogP contribution < -0.4 is 0 Å². The van der Waals surface area contributed by atoms with E-state index >= 15 is 0 Å². The van der Waals surface area contributed by atoms with Crippen molar-refractivity contribution in [3.8, 4) is 11.1 Å². The number of carbonyl (C=O) groups excluding carboxylic acids is 1. The van der Waals surface area contributed by atoms with Gasteiger partial charge in [-0.15, -0.1) is 0 Å². The van der Waals surface area contributed by atoms with Gasteiger partial charge in [0.1, 0.15) is 0 Å². The molecule has 0 bridgehead atoms. The van der Waals surface area contributed by atoms with E-state index in [0.29, 0.717) is 6.54 Å². The van der Waals surface area contributed by atoms with Crippen LogP contribution >= 0.6 is 0 Å². The standard InChI is InChI=1S/C24H32N4O2/c1-26(2)16-23(30)27-12-3-4-13-28-21(15-27)24(22(28)17-29)19-9-7-18(8-10-19)20-6-5-11-25-14-20/h5-11,14,21-22,24,29H,3-4,12-13,15-17H2,1-2H3/t21-,22+,24-/m1/s1. The van der Waals surface area contributed by atoms with Gasteiger partial charge in [-0.1, -0.05) is 30.3 Å². The van der Waals surface area contributed by atoms with E-state index in [1.807, 2.05) is 36.2 Å². The van der Waals surface area contributed by atoms with Crippen molar-refractivity contribution in [2.75, 3.05) is 46.9 Å². The summed E-state index contributed by atoms with van der Waals surface area (Å²) in [5, 5.41) is 10.1. The average Bonchev–Trinajstić information content (AvgIpc) is 2.73. The molecule has 3 atom stereocenters. The molecule has 2 aromatic rings. The van der Waals surface area contributed by atoms with E-state index in [0.717, 1.165) is 43.6 Å². The Morgan fingerprint density at radius 2 is 1.90 bits per heavy atom. The predicted molar refractivity (Wildman–Crippen MR) is 118 cm³/mol. The summed E-state index contributed by atoms with van der Waals surface area (Å²) < 4.78 is 0. The maximum Gasteiger partial charge on any atom is 0.236 e. The van der Waals surface area contributed by atoms with Crippen molar-refractivity contribution in [2.24, 2.45) is 0 Å². The molecular weight excluding hydrogens is 376 g/mol. The van der Waals surface area contributed by atoms with Gasteiger partial charge in [0.25, 0.3) is 0 Å². The van der Waals surface area contributed by atoms with Crippen molar-refractivity contribution in [3.63, 3.8) is 0 Å². The first-order valence-electron chi connectivity index (χ1n) is 10.9. The molecule has 30 heavy (non-hydrogen) atoms. The molecule has 0 spiro atoms. The second-order valence-electron chi connectivity index (χ2n) is 8.73. The minimum Gasteiger partial charge on any atom is -0.395 e. The van der Waals surface area contributed by atoms with Crippen LogP contribution in [0.15, 0.2) is 48.8 Å². The Hall–Kier alpha value is -2.28. The highest BCUT2D eigenvalue weighted by molar-refractivity contribution is 5.78. The summed E-state index contributed by atoms with van der Waals surface area (Å²) in [4.78, 5) is 23.3. The van der Waals surface area contributed by atoms with Crippen LogP contribution in [0, 0.1) is 0 Å². The molecule has 1 aromatic carbocycles. The fourth-order valence-electron chi connectivity index (χ4n) is 4.97. The van der Waals surface area contributed by atoms with Gasteiger partial charge < -0.3 is 14.9 Å². The van der Waals surface area contributed by atoms with E-state index < -0.39 is 0 Å². The molecule has 1 aromatic heterocycles. The highest BCUT2D eigenvalue weighted by Gasteiger charge is 2.49. The fraction of sp³-hybridized carbons (Fsp3) is 0.500. The molecule has 2 saturated heterocycles. The van der Waals surface area contributed by atoms with Gasteiger partial charge in [0.2, 0.25) is 5.91 Å². The van der Waals surface area contributed by atoms with Gasteiger partial charge >= 0.3 is 0 Å². The summed E-state index contributed by atoms with van der Waals surface area (Å²) in [5.41, 5.74) is 3.48. The first kappa shape index (κ1) is 21.0. The Labute approximate surface area is 179 Å². The summed E-state index contributed by atoms with van der Waals surface area (Å²) in [5.74, 6) is 0.436. The zero-order valence-electron chi connectivity index (χ0n) is 17.9. The smallest absolute Gasteiger partial charge is 0.236 e. The third-order valence-electron chi connectivity index (χ3n) is 6.46. The number of aliphatic hydroxyl groups excluding tert-OH is 1. The number of benzene rings is 1. The molecular formula is C24H32N4O2. The number of pyridine rings is 1. The summed E-state index contributed by atoms with van der Waals surface area (Å²) >= 11 is 0. The second-order valence-corrected chi connectivity index (χ2v) is 8.73. The highest BCUT2D eigenvalue weighted by Crippen LogP contribution is 2.42. The number of nitrogens with zero attached hydrogens (tertiary/aromatic N) is 4. The van der Waals surface area contributed by atoms with E-state index in [2.05, 4.69) is 40.2 Å². The van der Waals surface area contributed by atoms with E-state index in [4.69, 9.17) is 0 Å². The van der Waals surface area contributed by atoms with E-state index in [1.165, 1.54) is 5.56 Å². The monoisotopic (exact) mass is 408 g/mol. The number of carbonyl (C=O) groups is 1. The van der Waals surface area contributed by atoms with Crippen LogP contribution in [0.1, 0.15) is 24.3 Å². The molecule has 6 heteroatoms. The van der Waals surface area contributed by atoms with Gasteiger partial charge in [-0.25, -0.2) is 0 Å². The molecule has 160 valence electrons. The molecule has 3 heterocycles.